The van der Waals surface area contributed by atoms with Gasteiger partial charge in [0.1, 0.15) is 0 Å². The SMILES string of the molecule is COCCCN(C)C(=O)c1nnc(N)s1. The average molecular weight is 230 g/mol. The van der Waals surface area contributed by atoms with Gasteiger partial charge in [-0.15, -0.1) is 10.2 Å². The number of ether oxygens (including phenoxy) is 1. The van der Waals surface area contributed by atoms with Gasteiger partial charge >= 0.3 is 0 Å². The van der Waals surface area contributed by atoms with Gasteiger partial charge < -0.3 is 15.4 Å². The first kappa shape index (κ1) is 11.9. The topological polar surface area (TPSA) is 81.3 Å². The van der Waals surface area contributed by atoms with Crippen molar-refractivity contribution in [1.29, 1.82) is 0 Å². The van der Waals surface area contributed by atoms with Crippen molar-refractivity contribution in [2.24, 2.45) is 0 Å². The lowest BCUT2D eigenvalue weighted by molar-refractivity contribution is 0.0778. The number of aromatic nitrogens is 2. The molecular formula is C8H14N4O2S. The first-order chi connectivity index (χ1) is 7.15. The Morgan fingerprint density at radius 2 is 2.33 bits per heavy atom. The number of nitrogens with zero attached hydrogens (tertiary/aromatic N) is 3. The zero-order valence-corrected chi connectivity index (χ0v) is 9.58. The van der Waals surface area contributed by atoms with Gasteiger partial charge in [0, 0.05) is 27.3 Å². The molecule has 0 fully saturated rings. The molecule has 0 spiro atoms. The number of hydrogen-bond acceptors (Lipinski definition) is 6. The Balaban J connectivity index is 2.46. The van der Waals surface area contributed by atoms with Crippen molar-refractivity contribution in [2.75, 3.05) is 33.0 Å². The molecule has 1 amide bonds. The van der Waals surface area contributed by atoms with Crippen LogP contribution in [-0.4, -0.2) is 48.3 Å². The number of methoxy groups -OCH3 is 1. The maximum Gasteiger partial charge on any atom is 0.284 e. The zero-order chi connectivity index (χ0) is 11.3. The quantitative estimate of drug-likeness (QED) is 0.732. The van der Waals surface area contributed by atoms with E-state index >= 15 is 0 Å². The molecule has 0 aliphatic heterocycles. The molecule has 1 heterocycles. The van der Waals surface area contributed by atoms with Crippen molar-refractivity contribution in [3.63, 3.8) is 0 Å². The van der Waals surface area contributed by atoms with E-state index in [-0.39, 0.29) is 5.91 Å². The lowest BCUT2D eigenvalue weighted by atomic mass is 10.4. The summed E-state index contributed by atoms with van der Waals surface area (Å²) in [6.45, 7) is 1.27. The minimum absolute atomic E-state index is 0.152. The number of anilines is 1. The highest BCUT2D eigenvalue weighted by atomic mass is 32.1. The molecule has 15 heavy (non-hydrogen) atoms. The van der Waals surface area contributed by atoms with E-state index in [1.54, 1.807) is 19.1 Å². The number of carbonyl (C=O) groups excluding carboxylic acids is 1. The molecule has 0 aliphatic rings. The molecule has 1 aromatic rings. The van der Waals surface area contributed by atoms with Crippen LogP contribution in [0.1, 0.15) is 16.2 Å². The summed E-state index contributed by atoms with van der Waals surface area (Å²) in [6, 6.07) is 0. The third kappa shape index (κ3) is 3.45. The molecule has 0 aromatic carbocycles. The Labute approximate surface area is 92.0 Å². The standard InChI is InChI=1S/C8H14N4O2S/c1-12(4-3-5-14-2)7(13)6-10-11-8(9)15-6/h3-5H2,1-2H3,(H2,9,11). The van der Waals surface area contributed by atoms with Crippen LogP contribution in [0.25, 0.3) is 0 Å². The van der Waals surface area contributed by atoms with Crippen LogP contribution in [0.2, 0.25) is 0 Å². The number of carbonyl (C=O) groups is 1. The van der Waals surface area contributed by atoms with Gasteiger partial charge in [0.2, 0.25) is 10.1 Å². The smallest absolute Gasteiger partial charge is 0.284 e. The summed E-state index contributed by atoms with van der Waals surface area (Å²) in [6.07, 6.45) is 0.799. The van der Waals surface area contributed by atoms with Crippen LogP contribution < -0.4 is 5.73 Å². The highest BCUT2D eigenvalue weighted by Gasteiger charge is 2.15. The van der Waals surface area contributed by atoms with E-state index in [1.165, 1.54) is 0 Å². The Morgan fingerprint density at radius 3 is 2.87 bits per heavy atom. The minimum atomic E-state index is -0.152. The van der Waals surface area contributed by atoms with Gasteiger partial charge in [0.25, 0.3) is 5.91 Å². The van der Waals surface area contributed by atoms with Crippen molar-refractivity contribution in [1.82, 2.24) is 15.1 Å². The van der Waals surface area contributed by atoms with Gasteiger partial charge in [-0.05, 0) is 6.42 Å². The van der Waals surface area contributed by atoms with Crippen molar-refractivity contribution < 1.29 is 9.53 Å². The predicted octanol–water partition coefficient (Wildman–Crippen LogP) is 0.229. The predicted molar refractivity (Wildman–Crippen MR) is 57.8 cm³/mol. The third-order valence-electron chi connectivity index (χ3n) is 1.81. The molecule has 0 radical (unpaired) electrons. The molecule has 0 aliphatic carbocycles. The second kappa shape index (κ2) is 5.62. The van der Waals surface area contributed by atoms with Gasteiger partial charge in [-0.25, -0.2) is 0 Å². The second-order valence-corrected chi connectivity index (χ2v) is 4.03. The molecule has 7 heteroatoms. The van der Waals surface area contributed by atoms with Crippen LogP contribution >= 0.6 is 11.3 Å². The highest BCUT2D eigenvalue weighted by Crippen LogP contribution is 2.12. The number of rotatable bonds is 5. The molecule has 1 aromatic heterocycles. The van der Waals surface area contributed by atoms with Crippen LogP contribution in [-0.2, 0) is 4.74 Å². The van der Waals surface area contributed by atoms with E-state index in [1.807, 2.05) is 0 Å². The molecule has 0 unspecified atom stereocenters. The van der Waals surface area contributed by atoms with Gasteiger partial charge in [0.15, 0.2) is 0 Å². The zero-order valence-electron chi connectivity index (χ0n) is 8.77. The third-order valence-corrected chi connectivity index (χ3v) is 2.55. The lowest BCUT2D eigenvalue weighted by Crippen LogP contribution is -2.28. The molecule has 0 bridgehead atoms. The van der Waals surface area contributed by atoms with Crippen molar-refractivity contribution in [3.05, 3.63) is 5.01 Å². The lowest BCUT2D eigenvalue weighted by Gasteiger charge is -2.14. The number of amides is 1. The van der Waals surface area contributed by atoms with E-state index < -0.39 is 0 Å². The first-order valence-electron chi connectivity index (χ1n) is 4.48. The summed E-state index contributed by atoms with van der Waals surface area (Å²) in [7, 11) is 3.35. The Morgan fingerprint density at radius 1 is 1.60 bits per heavy atom. The molecule has 0 saturated carbocycles. The molecular weight excluding hydrogens is 216 g/mol. The van der Waals surface area contributed by atoms with E-state index in [0.717, 1.165) is 17.8 Å². The minimum Gasteiger partial charge on any atom is -0.385 e. The van der Waals surface area contributed by atoms with Gasteiger partial charge in [0.05, 0.1) is 0 Å². The summed E-state index contributed by atoms with van der Waals surface area (Å²) in [5.74, 6) is -0.152. The van der Waals surface area contributed by atoms with Crippen molar-refractivity contribution in [3.8, 4) is 0 Å². The summed E-state index contributed by atoms with van der Waals surface area (Å²) >= 11 is 1.10. The van der Waals surface area contributed by atoms with E-state index in [9.17, 15) is 4.79 Å². The normalized spacial score (nSPS) is 10.3. The Hall–Kier alpha value is -1.21. The van der Waals surface area contributed by atoms with Crippen molar-refractivity contribution >= 4 is 22.4 Å². The fourth-order valence-corrected chi connectivity index (χ4v) is 1.64. The van der Waals surface area contributed by atoms with Crippen LogP contribution in [0.4, 0.5) is 5.13 Å². The fraction of sp³-hybridized carbons (Fsp3) is 0.625. The van der Waals surface area contributed by atoms with Crippen LogP contribution in [0.3, 0.4) is 0 Å². The average Bonchev–Trinajstić information content (AvgIpc) is 2.64. The van der Waals surface area contributed by atoms with Gasteiger partial charge in [-0.3, -0.25) is 4.79 Å². The van der Waals surface area contributed by atoms with E-state index in [4.69, 9.17) is 10.5 Å². The maximum atomic E-state index is 11.7. The van der Waals surface area contributed by atoms with Crippen molar-refractivity contribution in [2.45, 2.75) is 6.42 Å². The molecule has 2 N–H and O–H groups in total. The van der Waals surface area contributed by atoms with Gasteiger partial charge in [-0.2, -0.15) is 0 Å². The monoisotopic (exact) mass is 230 g/mol. The molecule has 6 nitrogen and oxygen atoms in total. The number of nitrogen functional groups attached to an aromatic ring is 1. The molecule has 0 atom stereocenters. The van der Waals surface area contributed by atoms with Crippen LogP contribution in [0, 0.1) is 0 Å². The summed E-state index contributed by atoms with van der Waals surface area (Å²) in [4.78, 5) is 13.3. The Kier molecular flexibility index (Phi) is 4.44. The largest absolute Gasteiger partial charge is 0.385 e. The molecule has 0 saturated heterocycles. The van der Waals surface area contributed by atoms with Crippen LogP contribution in [0.5, 0.6) is 0 Å². The second-order valence-electron chi connectivity index (χ2n) is 3.02. The van der Waals surface area contributed by atoms with Gasteiger partial charge in [-0.1, -0.05) is 11.3 Å². The van der Waals surface area contributed by atoms with E-state index in [2.05, 4.69) is 10.2 Å². The summed E-state index contributed by atoms with van der Waals surface area (Å²) < 4.78 is 4.90. The maximum absolute atomic E-state index is 11.7. The molecule has 84 valence electrons. The molecule has 1 rings (SSSR count). The number of hydrogen-bond donors (Lipinski definition) is 1. The Bertz CT molecular complexity index is 328. The summed E-state index contributed by atoms with van der Waals surface area (Å²) in [5, 5.41) is 7.91. The highest BCUT2D eigenvalue weighted by molar-refractivity contribution is 7.16. The first-order valence-corrected chi connectivity index (χ1v) is 5.30. The fourth-order valence-electron chi connectivity index (χ4n) is 1.03. The number of nitrogens with two attached hydrogens (primary N) is 1. The summed E-state index contributed by atoms with van der Waals surface area (Å²) in [5.41, 5.74) is 5.39. The van der Waals surface area contributed by atoms with Crippen LogP contribution in [0.15, 0.2) is 0 Å². The van der Waals surface area contributed by atoms with E-state index in [0.29, 0.717) is 23.3 Å².